The van der Waals surface area contributed by atoms with Gasteiger partial charge in [0.2, 0.25) is 6.20 Å². The average Bonchev–Trinajstić information content (AvgIpc) is 2.52. The SMILES string of the molecule is CC(C)(C)C(=O)[B-]1(F)Oc2cccc[n+]2O1. The van der Waals surface area contributed by atoms with E-state index in [1.807, 2.05) is 0 Å². The van der Waals surface area contributed by atoms with Crippen LogP contribution < -0.4 is 14.1 Å². The molecule has 4 nitrogen and oxygen atoms in total. The van der Waals surface area contributed by atoms with E-state index in [1.54, 1.807) is 39.0 Å². The number of pyridine rings is 1. The fourth-order valence-corrected chi connectivity index (χ4v) is 1.53. The third-order valence-corrected chi connectivity index (χ3v) is 2.36. The van der Waals surface area contributed by atoms with Gasteiger partial charge in [-0.2, -0.15) is 0 Å². The second-order valence-electron chi connectivity index (χ2n) is 4.82. The summed E-state index contributed by atoms with van der Waals surface area (Å²) in [5.41, 5.74) is -1.53. The number of nitrogens with zero attached hydrogens (tertiary/aromatic N) is 1. The van der Waals surface area contributed by atoms with Crippen LogP contribution in [0.4, 0.5) is 4.32 Å². The van der Waals surface area contributed by atoms with Crippen molar-refractivity contribution in [1.29, 1.82) is 0 Å². The Morgan fingerprint density at radius 2 is 2.12 bits per heavy atom. The zero-order valence-electron chi connectivity index (χ0n) is 9.44. The van der Waals surface area contributed by atoms with Crippen LogP contribution in [0.2, 0.25) is 0 Å². The molecule has 0 N–H and O–H groups in total. The maximum atomic E-state index is 14.2. The van der Waals surface area contributed by atoms with Crippen LogP contribution in [0, 0.1) is 5.41 Å². The minimum absolute atomic E-state index is 0.197. The quantitative estimate of drug-likeness (QED) is 0.525. The van der Waals surface area contributed by atoms with Crippen molar-refractivity contribution in [3.8, 4) is 5.88 Å². The number of rotatable bonds is 1. The van der Waals surface area contributed by atoms with Gasteiger partial charge in [0.15, 0.2) is 0 Å². The Kier molecular flexibility index (Phi) is 2.18. The van der Waals surface area contributed by atoms with Gasteiger partial charge in [-0.15, -0.1) is 0 Å². The molecule has 0 bridgehead atoms. The lowest BCUT2D eigenvalue weighted by Gasteiger charge is -2.27. The van der Waals surface area contributed by atoms with Crippen LogP contribution in [0.1, 0.15) is 20.8 Å². The first-order valence-electron chi connectivity index (χ1n) is 5.09. The Bertz CT molecular complexity index is 419. The van der Waals surface area contributed by atoms with Crippen molar-refractivity contribution in [1.82, 2.24) is 0 Å². The Balaban J connectivity index is 2.31. The monoisotopic (exact) mass is 225 g/mol. The van der Waals surface area contributed by atoms with E-state index in [0.717, 1.165) is 4.73 Å². The number of carbonyl (C=O) groups is 1. The summed E-state index contributed by atoms with van der Waals surface area (Å²) in [6.07, 6.45) is 1.49. The lowest BCUT2D eigenvalue weighted by atomic mass is 9.65. The third-order valence-electron chi connectivity index (χ3n) is 2.36. The first-order valence-corrected chi connectivity index (χ1v) is 5.09. The van der Waals surface area contributed by atoms with E-state index >= 15 is 0 Å². The van der Waals surface area contributed by atoms with Crippen molar-refractivity contribution >= 4 is 12.5 Å². The van der Waals surface area contributed by atoms with Gasteiger partial charge in [-0.3, -0.25) is 0 Å². The molecule has 0 fully saturated rings. The van der Waals surface area contributed by atoms with E-state index in [4.69, 9.17) is 9.41 Å². The van der Waals surface area contributed by atoms with Gasteiger partial charge in [-0.05, 0) is 11.5 Å². The second-order valence-corrected chi connectivity index (χ2v) is 4.82. The molecule has 0 saturated carbocycles. The Morgan fingerprint density at radius 1 is 1.44 bits per heavy atom. The van der Waals surface area contributed by atoms with E-state index in [0.29, 0.717) is 0 Å². The molecule has 1 unspecified atom stereocenters. The largest absolute Gasteiger partial charge is 0.650 e. The first kappa shape index (κ1) is 10.9. The molecule has 1 aliphatic rings. The van der Waals surface area contributed by atoms with E-state index in [2.05, 4.69) is 0 Å². The molecular formula is C10H13BFNO3. The number of halogens is 1. The first-order chi connectivity index (χ1) is 7.33. The number of hydrogen-bond donors (Lipinski definition) is 0. The molecule has 2 rings (SSSR count). The Morgan fingerprint density at radius 3 is 2.69 bits per heavy atom. The molecule has 0 aliphatic carbocycles. The van der Waals surface area contributed by atoms with Crippen molar-refractivity contribution in [2.75, 3.05) is 0 Å². The molecule has 0 spiro atoms. The van der Waals surface area contributed by atoms with Crippen molar-refractivity contribution < 1.29 is 23.3 Å². The highest BCUT2D eigenvalue weighted by molar-refractivity contribution is 6.93. The molecule has 1 atom stereocenters. The normalized spacial score (nSPS) is 23.2. The Labute approximate surface area is 93.0 Å². The second kappa shape index (κ2) is 3.20. The third kappa shape index (κ3) is 1.64. The summed E-state index contributed by atoms with van der Waals surface area (Å²) in [5.74, 6) is 0.197. The zero-order valence-corrected chi connectivity index (χ0v) is 9.44. The molecule has 86 valence electrons. The van der Waals surface area contributed by atoms with Crippen molar-refractivity contribution in [3.05, 3.63) is 24.4 Å². The van der Waals surface area contributed by atoms with Gasteiger partial charge < -0.3 is 18.5 Å². The van der Waals surface area contributed by atoms with Crippen LogP contribution in [0.3, 0.4) is 0 Å². The summed E-state index contributed by atoms with van der Waals surface area (Å²) in [4.78, 5) is 11.8. The summed E-state index contributed by atoms with van der Waals surface area (Å²) in [5, 5.41) is 0. The summed E-state index contributed by atoms with van der Waals surface area (Å²) >= 11 is 0. The van der Waals surface area contributed by atoms with Gasteiger partial charge in [0.05, 0.1) is 6.07 Å². The molecule has 0 aromatic carbocycles. The lowest BCUT2D eigenvalue weighted by Crippen LogP contribution is -2.60. The van der Waals surface area contributed by atoms with Crippen molar-refractivity contribution in [2.45, 2.75) is 20.8 Å². The molecule has 0 amide bonds. The molecule has 1 aromatic rings. The fourth-order valence-electron chi connectivity index (χ4n) is 1.53. The van der Waals surface area contributed by atoms with Gasteiger partial charge in [0.1, 0.15) is 5.68 Å². The van der Waals surface area contributed by atoms with Crippen LogP contribution >= 0.6 is 0 Å². The number of carbonyl (C=O) groups excluding carboxylic acids is 1. The smallest absolute Gasteiger partial charge is 0.596 e. The zero-order chi connectivity index (χ0) is 12.0. The summed E-state index contributed by atoms with van der Waals surface area (Å²) < 4.78 is 25.3. The maximum absolute atomic E-state index is 14.2. The number of fused-ring (bicyclic) bond motifs is 1. The molecule has 1 aliphatic heterocycles. The average molecular weight is 225 g/mol. The van der Waals surface area contributed by atoms with E-state index in [1.165, 1.54) is 6.20 Å². The predicted octanol–water partition coefficient (Wildman–Crippen LogP) is 0.858. The number of hydrogen-bond acceptors (Lipinski definition) is 3. The van der Waals surface area contributed by atoms with Crippen LogP contribution in [0.25, 0.3) is 0 Å². The van der Waals surface area contributed by atoms with Gasteiger partial charge >= 0.3 is 12.7 Å². The van der Waals surface area contributed by atoms with Gasteiger partial charge in [0.25, 0.3) is 0 Å². The van der Waals surface area contributed by atoms with E-state index < -0.39 is 17.9 Å². The van der Waals surface area contributed by atoms with Gasteiger partial charge in [0, 0.05) is 10.8 Å². The molecule has 2 heterocycles. The lowest BCUT2D eigenvalue weighted by molar-refractivity contribution is -0.853. The highest BCUT2D eigenvalue weighted by atomic mass is 19.1. The molecular weight excluding hydrogens is 212 g/mol. The van der Waals surface area contributed by atoms with Crippen molar-refractivity contribution in [2.24, 2.45) is 5.41 Å². The highest BCUT2D eigenvalue weighted by Gasteiger charge is 2.55. The van der Waals surface area contributed by atoms with E-state index in [9.17, 15) is 9.11 Å². The van der Waals surface area contributed by atoms with Crippen molar-refractivity contribution in [3.63, 3.8) is 0 Å². The standard InChI is InChI=1S/C10H13BFNO3/c1-10(2,3)9(14)11(12)15-8-6-4-5-7-13(8)16-11/h4-7H,1-3H3. The highest BCUT2D eigenvalue weighted by Crippen LogP contribution is 2.26. The number of aromatic nitrogens is 1. The van der Waals surface area contributed by atoms with E-state index in [-0.39, 0.29) is 5.88 Å². The minimum atomic E-state index is -3.44. The Hall–Kier alpha value is -1.59. The van der Waals surface area contributed by atoms with Gasteiger partial charge in [-0.25, -0.2) is 0 Å². The van der Waals surface area contributed by atoms with Crippen LogP contribution in [-0.2, 0) is 4.79 Å². The van der Waals surface area contributed by atoms with Gasteiger partial charge in [-0.1, -0.05) is 20.8 Å². The summed E-state index contributed by atoms with van der Waals surface area (Å²) in [6.45, 7) is 1.43. The molecule has 0 saturated heterocycles. The minimum Gasteiger partial charge on any atom is -0.596 e. The maximum Gasteiger partial charge on any atom is 0.650 e. The van der Waals surface area contributed by atoms with Crippen LogP contribution in [-0.4, -0.2) is 12.5 Å². The fraction of sp³-hybridized carbons (Fsp3) is 0.400. The summed E-state index contributed by atoms with van der Waals surface area (Å²) in [7, 11) is 0. The van der Waals surface area contributed by atoms with Crippen LogP contribution in [0.15, 0.2) is 24.4 Å². The molecule has 16 heavy (non-hydrogen) atoms. The predicted molar refractivity (Wildman–Crippen MR) is 55.2 cm³/mol. The summed E-state index contributed by atoms with van der Waals surface area (Å²) in [6, 6.07) is 4.88. The topological polar surface area (TPSA) is 39.4 Å². The molecule has 0 radical (unpaired) electrons. The molecule has 6 heteroatoms. The molecule has 1 aromatic heterocycles. The van der Waals surface area contributed by atoms with Crippen LogP contribution in [0.5, 0.6) is 5.88 Å².